The lowest BCUT2D eigenvalue weighted by Gasteiger charge is -2.28. The highest BCUT2D eigenvalue weighted by molar-refractivity contribution is 7.88. The molecule has 0 bridgehead atoms. The SMILES string of the molecule is Cc1ccc(COC(=O)C2CCN(S(C)(=O)=O)CC2)cc1. The van der Waals surface area contributed by atoms with Gasteiger partial charge in [-0.05, 0) is 25.3 Å². The van der Waals surface area contributed by atoms with Gasteiger partial charge >= 0.3 is 5.97 Å². The Hall–Kier alpha value is -1.40. The lowest BCUT2D eigenvalue weighted by molar-refractivity contribution is -0.151. The molecule has 0 aliphatic carbocycles. The van der Waals surface area contributed by atoms with Gasteiger partial charge in [-0.25, -0.2) is 12.7 Å². The fourth-order valence-electron chi connectivity index (χ4n) is 2.38. The topological polar surface area (TPSA) is 63.7 Å². The molecule has 1 aliphatic rings. The molecule has 1 aromatic carbocycles. The van der Waals surface area contributed by atoms with Gasteiger partial charge in [-0.1, -0.05) is 29.8 Å². The molecule has 2 rings (SSSR count). The highest BCUT2D eigenvalue weighted by Gasteiger charge is 2.29. The second-order valence-corrected chi connectivity index (χ2v) is 7.51. The van der Waals surface area contributed by atoms with Crippen LogP contribution in [0.1, 0.15) is 24.0 Å². The third kappa shape index (κ3) is 4.54. The zero-order valence-electron chi connectivity index (χ0n) is 12.4. The zero-order valence-corrected chi connectivity index (χ0v) is 13.2. The monoisotopic (exact) mass is 311 g/mol. The van der Waals surface area contributed by atoms with E-state index in [-0.39, 0.29) is 18.5 Å². The number of aryl methyl sites for hydroxylation is 1. The summed E-state index contributed by atoms with van der Waals surface area (Å²) >= 11 is 0. The molecule has 116 valence electrons. The van der Waals surface area contributed by atoms with Crippen LogP contribution in [-0.4, -0.2) is 38.0 Å². The van der Waals surface area contributed by atoms with E-state index in [1.807, 2.05) is 31.2 Å². The molecule has 0 unspecified atom stereocenters. The van der Waals surface area contributed by atoms with Crippen LogP contribution in [0.3, 0.4) is 0 Å². The van der Waals surface area contributed by atoms with Crippen molar-refractivity contribution >= 4 is 16.0 Å². The van der Waals surface area contributed by atoms with Crippen molar-refractivity contribution in [1.29, 1.82) is 0 Å². The van der Waals surface area contributed by atoms with Crippen LogP contribution >= 0.6 is 0 Å². The van der Waals surface area contributed by atoms with E-state index in [9.17, 15) is 13.2 Å². The highest BCUT2D eigenvalue weighted by Crippen LogP contribution is 2.21. The smallest absolute Gasteiger partial charge is 0.309 e. The Morgan fingerprint density at radius 2 is 1.81 bits per heavy atom. The lowest BCUT2D eigenvalue weighted by Crippen LogP contribution is -2.40. The van der Waals surface area contributed by atoms with Gasteiger partial charge in [0.2, 0.25) is 10.0 Å². The second kappa shape index (κ2) is 6.58. The van der Waals surface area contributed by atoms with Crippen molar-refractivity contribution in [1.82, 2.24) is 4.31 Å². The molecule has 0 atom stereocenters. The fraction of sp³-hybridized carbons (Fsp3) is 0.533. The van der Waals surface area contributed by atoms with Crippen LogP contribution in [-0.2, 0) is 26.2 Å². The summed E-state index contributed by atoms with van der Waals surface area (Å²) in [6, 6.07) is 7.84. The average molecular weight is 311 g/mol. The van der Waals surface area contributed by atoms with E-state index in [4.69, 9.17) is 4.74 Å². The first kappa shape index (κ1) is 16.0. The van der Waals surface area contributed by atoms with Crippen LogP contribution in [0, 0.1) is 12.8 Å². The highest BCUT2D eigenvalue weighted by atomic mass is 32.2. The summed E-state index contributed by atoms with van der Waals surface area (Å²) in [5, 5.41) is 0. The number of rotatable bonds is 4. The second-order valence-electron chi connectivity index (χ2n) is 5.53. The zero-order chi connectivity index (χ0) is 15.5. The average Bonchev–Trinajstić information content (AvgIpc) is 2.45. The van der Waals surface area contributed by atoms with Crippen LogP contribution in [0.4, 0.5) is 0 Å². The van der Waals surface area contributed by atoms with Crippen molar-refractivity contribution in [2.75, 3.05) is 19.3 Å². The number of esters is 1. The molecule has 1 aliphatic heterocycles. The van der Waals surface area contributed by atoms with Crippen molar-refractivity contribution in [3.63, 3.8) is 0 Å². The van der Waals surface area contributed by atoms with E-state index in [0.717, 1.165) is 5.56 Å². The Kier molecular flexibility index (Phi) is 5.00. The summed E-state index contributed by atoms with van der Waals surface area (Å²) < 4.78 is 29.6. The minimum atomic E-state index is -3.15. The van der Waals surface area contributed by atoms with E-state index in [1.165, 1.54) is 16.1 Å². The van der Waals surface area contributed by atoms with Gasteiger partial charge in [0.15, 0.2) is 0 Å². The Bertz CT molecular complexity index is 587. The van der Waals surface area contributed by atoms with Crippen molar-refractivity contribution in [3.05, 3.63) is 35.4 Å². The number of sulfonamides is 1. The molecule has 21 heavy (non-hydrogen) atoms. The molecule has 5 nitrogen and oxygen atoms in total. The van der Waals surface area contributed by atoms with Crippen LogP contribution < -0.4 is 0 Å². The summed E-state index contributed by atoms with van der Waals surface area (Å²) in [5.74, 6) is -0.433. The van der Waals surface area contributed by atoms with Gasteiger partial charge in [0.25, 0.3) is 0 Å². The summed E-state index contributed by atoms with van der Waals surface area (Å²) in [6.45, 7) is 3.06. The molecule has 0 N–H and O–H groups in total. The molecule has 1 heterocycles. The largest absolute Gasteiger partial charge is 0.461 e. The molecule has 0 amide bonds. The normalized spacial score (nSPS) is 17.6. The number of nitrogens with zero attached hydrogens (tertiary/aromatic N) is 1. The number of hydrogen-bond donors (Lipinski definition) is 0. The Morgan fingerprint density at radius 3 is 2.33 bits per heavy atom. The van der Waals surface area contributed by atoms with Crippen molar-refractivity contribution in [2.45, 2.75) is 26.4 Å². The van der Waals surface area contributed by atoms with Crippen molar-refractivity contribution in [3.8, 4) is 0 Å². The van der Waals surface area contributed by atoms with E-state index >= 15 is 0 Å². The summed E-state index contributed by atoms with van der Waals surface area (Å²) in [6.07, 6.45) is 2.25. The van der Waals surface area contributed by atoms with Crippen molar-refractivity contribution in [2.24, 2.45) is 5.92 Å². The molecule has 0 radical (unpaired) electrons. The van der Waals surface area contributed by atoms with Gasteiger partial charge in [-0.15, -0.1) is 0 Å². The van der Waals surface area contributed by atoms with Crippen LogP contribution in [0.15, 0.2) is 24.3 Å². The molecule has 1 saturated heterocycles. The van der Waals surface area contributed by atoms with Gasteiger partial charge in [0.05, 0.1) is 12.2 Å². The number of hydrogen-bond acceptors (Lipinski definition) is 4. The number of benzene rings is 1. The summed E-state index contributed by atoms with van der Waals surface area (Å²) in [7, 11) is -3.15. The standard InChI is InChI=1S/C15H21NO4S/c1-12-3-5-13(6-4-12)11-20-15(17)14-7-9-16(10-8-14)21(2,18)19/h3-6,14H,7-11H2,1-2H3. The number of carbonyl (C=O) groups excluding carboxylic acids is 1. The third-order valence-electron chi connectivity index (χ3n) is 3.76. The van der Waals surface area contributed by atoms with E-state index in [2.05, 4.69) is 0 Å². The lowest BCUT2D eigenvalue weighted by atomic mass is 9.98. The number of carbonyl (C=O) groups is 1. The maximum absolute atomic E-state index is 12.0. The van der Waals surface area contributed by atoms with E-state index in [1.54, 1.807) is 0 Å². The number of piperidine rings is 1. The van der Waals surface area contributed by atoms with Crippen LogP contribution in [0.5, 0.6) is 0 Å². The first-order valence-electron chi connectivity index (χ1n) is 7.03. The van der Waals surface area contributed by atoms with Gasteiger partial charge < -0.3 is 4.74 Å². The Morgan fingerprint density at radius 1 is 1.24 bits per heavy atom. The predicted molar refractivity (Wildman–Crippen MR) is 80.1 cm³/mol. The molecule has 1 fully saturated rings. The minimum Gasteiger partial charge on any atom is -0.461 e. The van der Waals surface area contributed by atoms with Crippen molar-refractivity contribution < 1.29 is 17.9 Å². The Balaban J connectivity index is 1.81. The molecule has 0 spiro atoms. The summed E-state index contributed by atoms with van der Waals surface area (Å²) in [5.41, 5.74) is 2.13. The van der Waals surface area contributed by atoms with E-state index < -0.39 is 10.0 Å². The van der Waals surface area contributed by atoms with E-state index in [0.29, 0.717) is 25.9 Å². The third-order valence-corrected chi connectivity index (χ3v) is 5.06. The maximum Gasteiger partial charge on any atom is 0.309 e. The maximum atomic E-state index is 12.0. The quantitative estimate of drug-likeness (QED) is 0.794. The Labute approximate surface area is 126 Å². The minimum absolute atomic E-state index is 0.201. The predicted octanol–water partition coefficient (Wildman–Crippen LogP) is 1.71. The van der Waals surface area contributed by atoms with Gasteiger partial charge in [0.1, 0.15) is 6.61 Å². The van der Waals surface area contributed by atoms with Gasteiger partial charge in [0, 0.05) is 13.1 Å². The molecule has 0 aromatic heterocycles. The van der Waals surface area contributed by atoms with Gasteiger partial charge in [-0.3, -0.25) is 4.79 Å². The number of ether oxygens (including phenoxy) is 1. The molecule has 0 saturated carbocycles. The molecular formula is C15H21NO4S. The molecular weight excluding hydrogens is 290 g/mol. The van der Waals surface area contributed by atoms with Crippen LogP contribution in [0.25, 0.3) is 0 Å². The van der Waals surface area contributed by atoms with Gasteiger partial charge in [-0.2, -0.15) is 0 Å². The summed E-state index contributed by atoms with van der Waals surface area (Å²) in [4.78, 5) is 12.0. The first-order valence-corrected chi connectivity index (χ1v) is 8.88. The molecule has 6 heteroatoms. The fourth-order valence-corrected chi connectivity index (χ4v) is 3.25. The van der Waals surface area contributed by atoms with Crippen LogP contribution in [0.2, 0.25) is 0 Å². The molecule has 1 aromatic rings. The first-order chi connectivity index (χ1) is 9.86.